The molecule has 2 heterocycles. The molecule has 1 fully saturated rings. The van der Waals surface area contributed by atoms with Crippen molar-refractivity contribution in [1.82, 2.24) is 10.2 Å². The van der Waals surface area contributed by atoms with Crippen LogP contribution in [0.1, 0.15) is 21.7 Å². The van der Waals surface area contributed by atoms with Crippen LogP contribution in [0, 0.1) is 6.92 Å². The van der Waals surface area contributed by atoms with E-state index in [0.717, 1.165) is 30.0 Å². The van der Waals surface area contributed by atoms with Crippen LogP contribution in [0.25, 0.3) is 0 Å². The predicted molar refractivity (Wildman–Crippen MR) is 69.7 cm³/mol. The van der Waals surface area contributed by atoms with Crippen LogP contribution in [0.15, 0.2) is 11.4 Å². The fraction of sp³-hybridized carbons (Fsp3) is 0.545. The van der Waals surface area contributed by atoms with Crippen molar-refractivity contribution >= 4 is 29.7 Å². The van der Waals surface area contributed by atoms with Crippen molar-refractivity contribution in [2.75, 3.05) is 20.1 Å². The van der Waals surface area contributed by atoms with Gasteiger partial charge in [-0.15, -0.1) is 23.7 Å². The van der Waals surface area contributed by atoms with Crippen LogP contribution in [0.2, 0.25) is 0 Å². The first-order valence-electron chi connectivity index (χ1n) is 5.22. The fourth-order valence-corrected chi connectivity index (χ4v) is 2.79. The molecule has 90 valence electrons. The zero-order valence-corrected chi connectivity index (χ0v) is 11.2. The van der Waals surface area contributed by atoms with Crippen molar-refractivity contribution in [3.63, 3.8) is 0 Å². The molecule has 0 unspecified atom stereocenters. The van der Waals surface area contributed by atoms with E-state index in [1.165, 1.54) is 11.3 Å². The first-order valence-corrected chi connectivity index (χ1v) is 6.10. The largest absolute Gasteiger partial charge is 0.337 e. The highest BCUT2D eigenvalue weighted by molar-refractivity contribution is 7.12. The summed E-state index contributed by atoms with van der Waals surface area (Å²) in [6.07, 6.45) is 1.06. The number of thiophene rings is 1. The molecular weight excluding hydrogens is 244 g/mol. The normalized spacial score (nSPS) is 19.2. The van der Waals surface area contributed by atoms with Gasteiger partial charge in [-0.1, -0.05) is 0 Å². The summed E-state index contributed by atoms with van der Waals surface area (Å²) < 4.78 is 0. The van der Waals surface area contributed by atoms with Crippen molar-refractivity contribution in [1.29, 1.82) is 0 Å². The maximum atomic E-state index is 12.1. The summed E-state index contributed by atoms with van der Waals surface area (Å²) in [7, 11) is 1.90. The molecule has 2 rings (SSSR count). The lowest BCUT2D eigenvalue weighted by atomic mass is 10.2. The third-order valence-corrected chi connectivity index (χ3v) is 3.96. The van der Waals surface area contributed by atoms with E-state index >= 15 is 0 Å². The van der Waals surface area contributed by atoms with Crippen molar-refractivity contribution < 1.29 is 4.79 Å². The molecule has 1 N–H and O–H groups in total. The first kappa shape index (κ1) is 13.5. The van der Waals surface area contributed by atoms with E-state index in [9.17, 15) is 4.79 Å². The number of hydrogen-bond acceptors (Lipinski definition) is 3. The van der Waals surface area contributed by atoms with Gasteiger partial charge in [0.1, 0.15) is 0 Å². The Morgan fingerprint density at radius 2 is 2.38 bits per heavy atom. The van der Waals surface area contributed by atoms with Crippen LogP contribution in [-0.4, -0.2) is 37.0 Å². The monoisotopic (exact) mass is 260 g/mol. The summed E-state index contributed by atoms with van der Waals surface area (Å²) in [6, 6.07) is 2.36. The molecular formula is C11H17ClN2OS. The number of amides is 1. The van der Waals surface area contributed by atoms with Gasteiger partial charge >= 0.3 is 0 Å². The Balaban J connectivity index is 0.00000128. The standard InChI is InChI=1S/C11H16N2OS.ClH/c1-8-4-6-15-10(8)11(14)13(2)9-3-5-12-7-9;/h4,6,9,12H,3,5,7H2,1-2H3;1H/t9-;/m0./s1. The summed E-state index contributed by atoms with van der Waals surface area (Å²) in [4.78, 5) is 14.9. The second-order valence-electron chi connectivity index (χ2n) is 4.00. The Bertz CT molecular complexity index is 361. The molecule has 0 saturated carbocycles. The van der Waals surface area contributed by atoms with Crippen LogP contribution < -0.4 is 5.32 Å². The van der Waals surface area contributed by atoms with E-state index in [2.05, 4.69) is 5.32 Å². The van der Waals surface area contributed by atoms with Gasteiger partial charge in [-0.2, -0.15) is 0 Å². The number of halogens is 1. The fourth-order valence-electron chi connectivity index (χ4n) is 1.89. The number of nitrogens with one attached hydrogen (secondary N) is 1. The summed E-state index contributed by atoms with van der Waals surface area (Å²) in [6.45, 7) is 3.93. The van der Waals surface area contributed by atoms with E-state index in [4.69, 9.17) is 0 Å². The van der Waals surface area contributed by atoms with E-state index in [1.54, 1.807) is 0 Å². The van der Waals surface area contributed by atoms with Gasteiger partial charge in [0.2, 0.25) is 0 Å². The molecule has 0 aliphatic carbocycles. The van der Waals surface area contributed by atoms with Crippen LogP contribution in [0.4, 0.5) is 0 Å². The van der Waals surface area contributed by atoms with E-state index < -0.39 is 0 Å². The highest BCUT2D eigenvalue weighted by Gasteiger charge is 2.25. The van der Waals surface area contributed by atoms with Crippen molar-refractivity contribution in [2.24, 2.45) is 0 Å². The number of hydrogen-bond donors (Lipinski definition) is 1. The Morgan fingerprint density at radius 1 is 1.62 bits per heavy atom. The quantitative estimate of drug-likeness (QED) is 0.881. The minimum Gasteiger partial charge on any atom is -0.337 e. The predicted octanol–water partition coefficient (Wildman–Crippen LogP) is 1.91. The molecule has 1 amide bonds. The lowest BCUT2D eigenvalue weighted by Gasteiger charge is -2.23. The minimum absolute atomic E-state index is 0. The SMILES string of the molecule is Cc1ccsc1C(=O)N(C)[C@H]1CCNC1.Cl. The highest BCUT2D eigenvalue weighted by Crippen LogP contribution is 2.19. The molecule has 0 spiro atoms. The number of likely N-dealkylation sites (N-methyl/N-ethyl adjacent to an activating group) is 1. The van der Waals surface area contributed by atoms with Gasteiger partial charge in [-0.25, -0.2) is 0 Å². The lowest BCUT2D eigenvalue weighted by Crippen LogP contribution is -2.38. The molecule has 1 aliphatic heterocycles. The summed E-state index contributed by atoms with van der Waals surface area (Å²) in [5.74, 6) is 0.163. The van der Waals surface area contributed by atoms with Gasteiger partial charge < -0.3 is 10.2 Å². The number of carbonyl (C=O) groups excluding carboxylic acids is 1. The first-order chi connectivity index (χ1) is 7.20. The van der Waals surface area contributed by atoms with Crippen LogP contribution in [-0.2, 0) is 0 Å². The molecule has 1 aromatic heterocycles. The smallest absolute Gasteiger partial charge is 0.264 e. The zero-order chi connectivity index (χ0) is 10.8. The molecule has 0 radical (unpaired) electrons. The Labute approximate surface area is 106 Å². The average Bonchev–Trinajstić information content (AvgIpc) is 2.85. The van der Waals surface area contributed by atoms with Crippen molar-refractivity contribution in [3.8, 4) is 0 Å². The van der Waals surface area contributed by atoms with Crippen LogP contribution in [0.5, 0.6) is 0 Å². The molecule has 16 heavy (non-hydrogen) atoms. The molecule has 5 heteroatoms. The topological polar surface area (TPSA) is 32.3 Å². The van der Waals surface area contributed by atoms with E-state index in [0.29, 0.717) is 6.04 Å². The maximum absolute atomic E-state index is 12.1. The number of aryl methyl sites for hydroxylation is 1. The molecule has 1 aromatic rings. The Morgan fingerprint density at radius 3 is 2.88 bits per heavy atom. The summed E-state index contributed by atoms with van der Waals surface area (Å²) >= 11 is 1.53. The molecule has 3 nitrogen and oxygen atoms in total. The van der Waals surface area contributed by atoms with Gasteiger partial charge in [-0.3, -0.25) is 4.79 Å². The molecule has 0 bridgehead atoms. The van der Waals surface area contributed by atoms with Crippen molar-refractivity contribution in [2.45, 2.75) is 19.4 Å². The van der Waals surface area contributed by atoms with Crippen LogP contribution in [0.3, 0.4) is 0 Å². The van der Waals surface area contributed by atoms with Crippen LogP contribution >= 0.6 is 23.7 Å². The van der Waals surface area contributed by atoms with Gasteiger partial charge in [0.05, 0.1) is 4.88 Å². The number of rotatable bonds is 2. The highest BCUT2D eigenvalue weighted by atomic mass is 35.5. The second kappa shape index (κ2) is 5.66. The van der Waals surface area contributed by atoms with Gasteiger partial charge in [0.15, 0.2) is 0 Å². The third kappa shape index (κ3) is 2.56. The Hall–Kier alpha value is -0.580. The van der Waals surface area contributed by atoms with E-state index in [-0.39, 0.29) is 18.3 Å². The molecule has 1 atom stereocenters. The van der Waals surface area contributed by atoms with Gasteiger partial charge in [0.25, 0.3) is 5.91 Å². The summed E-state index contributed by atoms with van der Waals surface area (Å²) in [5.41, 5.74) is 1.09. The van der Waals surface area contributed by atoms with Gasteiger partial charge in [-0.05, 0) is 36.9 Å². The minimum atomic E-state index is 0. The molecule has 1 saturated heterocycles. The number of carbonyl (C=O) groups is 1. The second-order valence-corrected chi connectivity index (χ2v) is 4.91. The molecule has 1 aliphatic rings. The Kier molecular flexibility index (Phi) is 4.77. The molecule has 0 aromatic carbocycles. The summed E-state index contributed by atoms with van der Waals surface area (Å²) in [5, 5.41) is 5.25. The van der Waals surface area contributed by atoms with Gasteiger partial charge in [0, 0.05) is 19.6 Å². The average molecular weight is 261 g/mol. The zero-order valence-electron chi connectivity index (χ0n) is 9.53. The number of nitrogens with zero attached hydrogens (tertiary/aromatic N) is 1. The lowest BCUT2D eigenvalue weighted by molar-refractivity contribution is 0.0748. The maximum Gasteiger partial charge on any atom is 0.264 e. The van der Waals surface area contributed by atoms with Crippen molar-refractivity contribution in [3.05, 3.63) is 21.9 Å². The third-order valence-electron chi connectivity index (χ3n) is 2.96. The van der Waals surface area contributed by atoms with E-state index in [1.807, 2.05) is 30.3 Å².